The van der Waals surface area contributed by atoms with Crippen LogP contribution in [0.2, 0.25) is 0 Å². The van der Waals surface area contributed by atoms with Gasteiger partial charge in [-0.05, 0) is 50.8 Å². The van der Waals surface area contributed by atoms with Gasteiger partial charge in [0, 0.05) is 10.9 Å². The average molecular weight is 245 g/mol. The first-order valence-corrected chi connectivity index (χ1v) is 6.37. The first-order chi connectivity index (χ1) is 7.63. The van der Waals surface area contributed by atoms with Crippen LogP contribution in [0, 0.1) is 11.6 Å². The van der Waals surface area contributed by atoms with Crippen molar-refractivity contribution in [3.8, 4) is 0 Å². The summed E-state index contributed by atoms with van der Waals surface area (Å²) >= 11 is 1.37. The lowest BCUT2D eigenvalue weighted by molar-refractivity contribution is 0.558. The molecule has 0 saturated heterocycles. The monoisotopic (exact) mass is 245 g/mol. The molecular weight excluding hydrogens is 228 g/mol. The number of thioether (sulfide) groups is 1. The van der Waals surface area contributed by atoms with E-state index in [9.17, 15) is 8.78 Å². The molecule has 0 aliphatic rings. The van der Waals surface area contributed by atoms with E-state index in [4.69, 9.17) is 0 Å². The van der Waals surface area contributed by atoms with Crippen molar-refractivity contribution in [3.63, 3.8) is 0 Å². The van der Waals surface area contributed by atoms with Crippen LogP contribution in [0.3, 0.4) is 0 Å². The minimum Gasteiger partial charge on any atom is -0.317 e. The second-order valence-corrected chi connectivity index (χ2v) is 4.89. The van der Waals surface area contributed by atoms with Gasteiger partial charge >= 0.3 is 0 Å². The summed E-state index contributed by atoms with van der Waals surface area (Å²) < 4.78 is 26.1. The molecular formula is C12H17F2NS. The molecule has 4 heteroatoms. The van der Waals surface area contributed by atoms with Crippen LogP contribution in [-0.2, 0) is 0 Å². The molecule has 1 nitrogen and oxygen atoms in total. The Morgan fingerprint density at radius 3 is 2.81 bits per heavy atom. The van der Waals surface area contributed by atoms with Crippen LogP contribution in [0.15, 0.2) is 23.1 Å². The first-order valence-electron chi connectivity index (χ1n) is 5.38. The van der Waals surface area contributed by atoms with Crippen molar-refractivity contribution in [1.29, 1.82) is 0 Å². The molecule has 1 aromatic rings. The van der Waals surface area contributed by atoms with Crippen molar-refractivity contribution in [2.75, 3.05) is 12.8 Å². The molecule has 0 aromatic heterocycles. The van der Waals surface area contributed by atoms with Crippen LogP contribution in [0.4, 0.5) is 8.78 Å². The molecule has 0 aliphatic heterocycles. The Balaban J connectivity index is 2.34. The first kappa shape index (κ1) is 13.5. The Morgan fingerprint density at radius 1 is 1.38 bits per heavy atom. The molecule has 1 unspecified atom stereocenters. The van der Waals surface area contributed by atoms with Gasteiger partial charge in [-0.2, -0.15) is 0 Å². The minimum atomic E-state index is -0.382. The number of nitrogens with one attached hydrogen (secondary N) is 1. The molecule has 0 aliphatic carbocycles. The molecule has 0 saturated carbocycles. The van der Waals surface area contributed by atoms with Crippen LogP contribution in [0.5, 0.6) is 0 Å². The van der Waals surface area contributed by atoms with E-state index in [1.54, 1.807) is 0 Å². The summed E-state index contributed by atoms with van der Waals surface area (Å²) in [7, 11) is 1.92. The number of rotatable bonds is 6. The lowest BCUT2D eigenvalue weighted by Gasteiger charge is -2.09. The highest BCUT2D eigenvalue weighted by Gasteiger charge is 2.04. The van der Waals surface area contributed by atoms with Gasteiger partial charge in [-0.3, -0.25) is 0 Å². The Hall–Kier alpha value is -0.610. The summed E-state index contributed by atoms with van der Waals surface area (Å²) in [4.78, 5) is 0.400. The topological polar surface area (TPSA) is 12.0 Å². The van der Waals surface area contributed by atoms with Crippen molar-refractivity contribution in [1.82, 2.24) is 5.32 Å². The van der Waals surface area contributed by atoms with Gasteiger partial charge < -0.3 is 5.32 Å². The molecule has 0 spiro atoms. The van der Waals surface area contributed by atoms with Gasteiger partial charge in [0.25, 0.3) is 0 Å². The summed E-state index contributed by atoms with van der Waals surface area (Å²) in [5, 5.41) is 3.14. The summed E-state index contributed by atoms with van der Waals surface area (Å²) in [5.41, 5.74) is 0. The van der Waals surface area contributed by atoms with Gasteiger partial charge in [0.1, 0.15) is 11.6 Å². The third-order valence-electron chi connectivity index (χ3n) is 2.43. The van der Waals surface area contributed by atoms with E-state index >= 15 is 0 Å². The van der Waals surface area contributed by atoms with Crippen molar-refractivity contribution in [2.24, 2.45) is 0 Å². The molecule has 1 N–H and O–H groups in total. The van der Waals surface area contributed by atoms with Crippen molar-refractivity contribution >= 4 is 11.8 Å². The maximum absolute atomic E-state index is 13.2. The second kappa shape index (κ2) is 6.86. The SMILES string of the molecule is CNC(C)CCCSc1cc(F)ccc1F. The van der Waals surface area contributed by atoms with Crippen LogP contribution in [0.1, 0.15) is 19.8 Å². The predicted molar refractivity (Wildman–Crippen MR) is 64.8 cm³/mol. The van der Waals surface area contributed by atoms with Gasteiger partial charge in [-0.25, -0.2) is 8.78 Å². The molecule has 16 heavy (non-hydrogen) atoms. The second-order valence-electron chi connectivity index (χ2n) is 3.76. The van der Waals surface area contributed by atoms with Gasteiger partial charge in [0.2, 0.25) is 0 Å². The Bertz CT molecular complexity index is 331. The smallest absolute Gasteiger partial charge is 0.136 e. The zero-order valence-corrected chi connectivity index (χ0v) is 10.4. The van der Waals surface area contributed by atoms with E-state index in [1.807, 2.05) is 7.05 Å². The van der Waals surface area contributed by atoms with Crippen LogP contribution < -0.4 is 5.32 Å². The molecule has 0 amide bonds. The lowest BCUT2D eigenvalue weighted by atomic mass is 10.2. The van der Waals surface area contributed by atoms with Crippen LogP contribution in [0.25, 0.3) is 0 Å². The number of hydrogen-bond donors (Lipinski definition) is 1. The molecule has 1 atom stereocenters. The maximum Gasteiger partial charge on any atom is 0.136 e. The van der Waals surface area contributed by atoms with E-state index in [1.165, 1.54) is 23.9 Å². The Labute approximate surface area is 99.6 Å². The zero-order chi connectivity index (χ0) is 12.0. The standard InChI is InChI=1S/C12H17F2NS/c1-9(15-2)4-3-7-16-12-8-10(13)5-6-11(12)14/h5-6,8-9,15H,3-4,7H2,1-2H3. The largest absolute Gasteiger partial charge is 0.317 e. The van der Waals surface area contributed by atoms with Crippen LogP contribution >= 0.6 is 11.8 Å². The third-order valence-corrected chi connectivity index (χ3v) is 3.54. The van der Waals surface area contributed by atoms with Gasteiger partial charge in [-0.15, -0.1) is 11.8 Å². The highest BCUT2D eigenvalue weighted by molar-refractivity contribution is 7.99. The fourth-order valence-electron chi connectivity index (χ4n) is 1.30. The van der Waals surface area contributed by atoms with Gasteiger partial charge in [0.15, 0.2) is 0 Å². The third kappa shape index (κ3) is 4.49. The van der Waals surface area contributed by atoms with Crippen LogP contribution in [-0.4, -0.2) is 18.8 Å². The Kier molecular flexibility index (Phi) is 5.77. The number of halogens is 2. The van der Waals surface area contributed by atoms with E-state index in [0.717, 1.165) is 24.7 Å². The summed E-state index contributed by atoms with van der Waals surface area (Å²) in [5.74, 6) is 0.0902. The van der Waals surface area contributed by atoms with Gasteiger partial charge in [-0.1, -0.05) is 0 Å². The molecule has 90 valence electrons. The van der Waals surface area contributed by atoms with Crippen molar-refractivity contribution in [2.45, 2.75) is 30.7 Å². The maximum atomic E-state index is 13.2. The molecule has 0 radical (unpaired) electrons. The predicted octanol–water partition coefficient (Wildman–Crippen LogP) is 3.45. The highest BCUT2D eigenvalue weighted by atomic mass is 32.2. The molecule has 1 rings (SSSR count). The van der Waals surface area contributed by atoms with Gasteiger partial charge in [0.05, 0.1) is 0 Å². The summed E-state index contributed by atoms with van der Waals surface area (Å²) in [6.07, 6.45) is 2.03. The minimum absolute atomic E-state index is 0.340. The fourth-order valence-corrected chi connectivity index (χ4v) is 2.24. The Morgan fingerprint density at radius 2 is 2.12 bits per heavy atom. The zero-order valence-electron chi connectivity index (χ0n) is 9.59. The normalized spacial score (nSPS) is 12.8. The molecule has 0 heterocycles. The lowest BCUT2D eigenvalue weighted by Crippen LogP contribution is -2.20. The summed E-state index contributed by atoms with van der Waals surface area (Å²) in [6.45, 7) is 2.10. The summed E-state index contributed by atoms with van der Waals surface area (Å²) in [6, 6.07) is 4.04. The van der Waals surface area contributed by atoms with E-state index < -0.39 is 0 Å². The van der Waals surface area contributed by atoms with Crippen molar-refractivity contribution in [3.05, 3.63) is 29.8 Å². The average Bonchev–Trinajstić information content (AvgIpc) is 2.28. The van der Waals surface area contributed by atoms with E-state index in [0.29, 0.717) is 10.9 Å². The fraction of sp³-hybridized carbons (Fsp3) is 0.500. The van der Waals surface area contributed by atoms with E-state index in [2.05, 4.69) is 12.2 Å². The van der Waals surface area contributed by atoms with Crippen molar-refractivity contribution < 1.29 is 8.78 Å². The quantitative estimate of drug-likeness (QED) is 0.608. The number of benzene rings is 1. The molecule has 1 aromatic carbocycles. The molecule has 0 bridgehead atoms. The highest BCUT2D eigenvalue weighted by Crippen LogP contribution is 2.23. The van der Waals surface area contributed by atoms with E-state index in [-0.39, 0.29) is 11.6 Å². The number of hydrogen-bond acceptors (Lipinski definition) is 2. The molecule has 0 fully saturated rings.